The first-order valence-corrected chi connectivity index (χ1v) is 7.24. The molecule has 1 aliphatic rings. The molecular weight excluding hydrogens is 316 g/mol. The Kier molecular flexibility index (Phi) is 5.41. The van der Waals surface area contributed by atoms with Gasteiger partial charge in [0.2, 0.25) is 11.8 Å². The summed E-state index contributed by atoms with van der Waals surface area (Å²) in [5.74, 6) is -1.15. The summed E-state index contributed by atoms with van der Waals surface area (Å²) in [5.41, 5.74) is 0.193. The molecule has 0 spiro atoms. The number of rotatable bonds is 6. The van der Waals surface area contributed by atoms with Gasteiger partial charge in [-0.25, -0.2) is 0 Å². The molecule has 2 rings (SSSR count). The zero-order chi connectivity index (χ0) is 17.7. The van der Waals surface area contributed by atoms with Crippen LogP contribution >= 0.6 is 0 Å². The van der Waals surface area contributed by atoms with Gasteiger partial charge in [-0.3, -0.25) is 29.3 Å². The molecule has 1 aromatic rings. The van der Waals surface area contributed by atoms with Crippen molar-refractivity contribution in [3.63, 3.8) is 0 Å². The van der Waals surface area contributed by atoms with Crippen molar-refractivity contribution < 1.29 is 28.7 Å². The maximum atomic E-state index is 12.6. The Morgan fingerprint density at radius 1 is 1.38 bits per heavy atom. The maximum Gasteiger partial charge on any atom is 0.255 e. The average molecular weight is 332 g/mol. The molecule has 3 amide bonds. The quantitative estimate of drug-likeness (QED) is 0.578. The lowest BCUT2D eigenvalue weighted by Gasteiger charge is -2.30. The van der Waals surface area contributed by atoms with Gasteiger partial charge in [0.25, 0.3) is 5.91 Å². The Morgan fingerprint density at radius 3 is 2.75 bits per heavy atom. The van der Waals surface area contributed by atoms with Crippen molar-refractivity contribution in [1.82, 2.24) is 10.2 Å². The molecular formula is C16H16N2O6. The number of benzene rings is 1. The van der Waals surface area contributed by atoms with Crippen LogP contribution in [0.3, 0.4) is 0 Å². The number of hydrogen-bond donors (Lipinski definition) is 1. The normalized spacial score (nSPS) is 17.0. The van der Waals surface area contributed by atoms with Crippen LogP contribution in [-0.2, 0) is 14.4 Å². The number of nitrogens with one attached hydrogen (secondary N) is 1. The summed E-state index contributed by atoms with van der Waals surface area (Å²) in [6.07, 6.45) is 1.44. The van der Waals surface area contributed by atoms with Gasteiger partial charge in [-0.2, -0.15) is 0 Å². The number of ether oxygens (including phenoxy) is 1. The Bertz CT molecular complexity index is 700. The van der Waals surface area contributed by atoms with Crippen molar-refractivity contribution in [1.29, 1.82) is 0 Å². The zero-order valence-electron chi connectivity index (χ0n) is 13.0. The van der Waals surface area contributed by atoms with E-state index in [1.807, 2.05) is 0 Å². The molecule has 1 heterocycles. The van der Waals surface area contributed by atoms with Crippen molar-refractivity contribution in [2.24, 2.45) is 0 Å². The molecule has 1 aliphatic heterocycles. The fourth-order valence-corrected chi connectivity index (χ4v) is 2.44. The largest absolute Gasteiger partial charge is 0.486 e. The second kappa shape index (κ2) is 7.49. The minimum Gasteiger partial charge on any atom is -0.486 e. The molecule has 0 aromatic heterocycles. The third kappa shape index (κ3) is 3.65. The molecule has 0 bridgehead atoms. The first-order valence-electron chi connectivity index (χ1n) is 7.24. The summed E-state index contributed by atoms with van der Waals surface area (Å²) in [4.78, 5) is 58.4. The minimum absolute atomic E-state index is 0.0857. The third-order valence-corrected chi connectivity index (χ3v) is 3.70. The molecule has 1 fully saturated rings. The van der Waals surface area contributed by atoms with E-state index in [0.29, 0.717) is 12.6 Å². The Morgan fingerprint density at radius 2 is 2.12 bits per heavy atom. The lowest BCUT2D eigenvalue weighted by atomic mass is 10.0. The molecule has 8 heteroatoms. The van der Waals surface area contributed by atoms with Crippen molar-refractivity contribution in [2.45, 2.75) is 18.9 Å². The number of nitrogens with zero attached hydrogens (tertiary/aromatic N) is 1. The molecule has 1 saturated heterocycles. The monoisotopic (exact) mass is 332 g/mol. The fourth-order valence-electron chi connectivity index (χ4n) is 2.44. The molecule has 24 heavy (non-hydrogen) atoms. The van der Waals surface area contributed by atoms with Crippen LogP contribution in [0.25, 0.3) is 0 Å². The Hall–Kier alpha value is -3.03. The van der Waals surface area contributed by atoms with Gasteiger partial charge in [-0.05, 0) is 24.6 Å². The summed E-state index contributed by atoms with van der Waals surface area (Å²) >= 11 is 0. The molecule has 8 nitrogen and oxygen atoms in total. The predicted molar refractivity (Wildman–Crippen MR) is 81.7 cm³/mol. The molecule has 0 saturated carbocycles. The van der Waals surface area contributed by atoms with E-state index < -0.39 is 17.9 Å². The number of amides is 3. The van der Waals surface area contributed by atoms with Crippen LogP contribution in [0, 0.1) is 0 Å². The fraction of sp³-hybridized carbons (Fsp3) is 0.312. The topological polar surface area (TPSA) is 110 Å². The van der Waals surface area contributed by atoms with Crippen molar-refractivity contribution in [3.8, 4) is 5.75 Å². The lowest BCUT2D eigenvalue weighted by molar-refractivity contribution is -0.136. The van der Waals surface area contributed by atoms with E-state index in [-0.39, 0.29) is 42.2 Å². The second-order valence-corrected chi connectivity index (χ2v) is 5.23. The van der Waals surface area contributed by atoms with Crippen LogP contribution < -0.4 is 10.1 Å². The van der Waals surface area contributed by atoms with Crippen molar-refractivity contribution >= 4 is 30.3 Å². The Balaban J connectivity index is 2.21. The zero-order valence-corrected chi connectivity index (χ0v) is 13.0. The van der Waals surface area contributed by atoms with Gasteiger partial charge in [-0.15, -0.1) is 0 Å². The van der Waals surface area contributed by atoms with Crippen LogP contribution in [0.15, 0.2) is 18.2 Å². The number of piperidine rings is 1. The van der Waals surface area contributed by atoms with E-state index in [0.717, 1.165) is 0 Å². The van der Waals surface area contributed by atoms with E-state index in [1.54, 1.807) is 0 Å². The standard InChI is InChI=1S/C16H16N2O6/c1-18(13-4-5-14(21)17-15(13)22)16(23)12-3-2-11(24-7-6-19)8-10(12)9-20/h2-3,6,8-9,13H,4-5,7H2,1H3,(H,17,21,22). The van der Waals surface area contributed by atoms with E-state index in [1.165, 1.54) is 30.1 Å². The molecule has 0 radical (unpaired) electrons. The highest BCUT2D eigenvalue weighted by Crippen LogP contribution is 2.20. The molecule has 1 aromatic carbocycles. The summed E-state index contributed by atoms with van der Waals surface area (Å²) in [6, 6.07) is 3.43. The minimum atomic E-state index is -0.777. The second-order valence-electron chi connectivity index (χ2n) is 5.23. The van der Waals surface area contributed by atoms with Crippen LogP contribution in [0.4, 0.5) is 0 Å². The van der Waals surface area contributed by atoms with E-state index in [2.05, 4.69) is 5.32 Å². The number of aldehydes is 2. The molecule has 1 atom stereocenters. The van der Waals surface area contributed by atoms with Gasteiger partial charge in [0, 0.05) is 19.0 Å². The first-order chi connectivity index (χ1) is 11.5. The predicted octanol–water partition coefficient (Wildman–Crippen LogP) is -0.0460. The van der Waals surface area contributed by atoms with Gasteiger partial charge in [0.1, 0.15) is 18.4 Å². The van der Waals surface area contributed by atoms with Crippen LogP contribution in [0.5, 0.6) is 5.75 Å². The summed E-state index contributed by atoms with van der Waals surface area (Å²) in [5, 5.41) is 2.18. The lowest BCUT2D eigenvalue weighted by Crippen LogP contribution is -2.53. The van der Waals surface area contributed by atoms with Crippen molar-refractivity contribution in [2.75, 3.05) is 13.7 Å². The number of carbonyl (C=O) groups is 5. The van der Waals surface area contributed by atoms with Gasteiger partial charge in [0.05, 0.1) is 5.56 Å². The van der Waals surface area contributed by atoms with Crippen LogP contribution in [-0.4, -0.2) is 54.9 Å². The maximum absolute atomic E-state index is 12.6. The molecule has 1 N–H and O–H groups in total. The molecule has 1 unspecified atom stereocenters. The summed E-state index contributed by atoms with van der Waals surface area (Å²) < 4.78 is 5.08. The van der Waals surface area contributed by atoms with E-state index >= 15 is 0 Å². The highest BCUT2D eigenvalue weighted by molar-refractivity contribution is 6.06. The average Bonchev–Trinajstić information content (AvgIpc) is 2.58. The van der Waals surface area contributed by atoms with E-state index in [9.17, 15) is 24.0 Å². The molecule has 126 valence electrons. The third-order valence-electron chi connectivity index (χ3n) is 3.70. The highest BCUT2D eigenvalue weighted by Gasteiger charge is 2.33. The van der Waals surface area contributed by atoms with Gasteiger partial charge >= 0.3 is 0 Å². The number of carbonyl (C=O) groups excluding carboxylic acids is 5. The highest BCUT2D eigenvalue weighted by atomic mass is 16.5. The smallest absolute Gasteiger partial charge is 0.255 e. The number of likely N-dealkylation sites (N-methyl/N-ethyl adjacent to an activating group) is 1. The SMILES string of the molecule is CN(C(=O)c1ccc(OCC=O)cc1C=O)C1CCC(=O)NC1=O. The number of imide groups is 1. The van der Waals surface area contributed by atoms with Gasteiger partial charge < -0.3 is 9.64 Å². The van der Waals surface area contributed by atoms with Gasteiger partial charge in [-0.1, -0.05) is 0 Å². The van der Waals surface area contributed by atoms with Crippen molar-refractivity contribution in [3.05, 3.63) is 29.3 Å². The summed E-state index contributed by atoms with van der Waals surface area (Å²) in [7, 11) is 1.44. The van der Waals surface area contributed by atoms with Gasteiger partial charge in [0.15, 0.2) is 12.6 Å². The first kappa shape index (κ1) is 17.3. The Labute approximate surface area is 137 Å². The van der Waals surface area contributed by atoms with E-state index in [4.69, 9.17) is 4.74 Å². The van der Waals surface area contributed by atoms with Crippen LogP contribution in [0.2, 0.25) is 0 Å². The molecule has 0 aliphatic carbocycles. The summed E-state index contributed by atoms with van der Waals surface area (Å²) in [6.45, 7) is -0.165. The number of hydrogen-bond acceptors (Lipinski definition) is 6. The van der Waals surface area contributed by atoms with Crippen LogP contribution in [0.1, 0.15) is 33.6 Å².